The van der Waals surface area contributed by atoms with Crippen LogP contribution in [0.2, 0.25) is 0 Å². The smallest absolute Gasteiger partial charge is 0.148 e. The van der Waals surface area contributed by atoms with E-state index >= 15 is 0 Å². The largest absolute Gasteiger partial charge is 0.319 e. The molecular formula is C15H23N3. The Balaban J connectivity index is 2.01. The number of hydrogen-bond donors (Lipinski definition) is 1. The maximum Gasteiger partial charge on any atom is 0.148 e. The van der Waals surface area contributed by atoms with Crippen LogP contribution < -0.4 is 5.73 Å². The molecule has 2 N–H and O–H groups in total. The summed E-state index contributed by atoms with van der Waals surface area (Å²) in [7, 11) is 0. The third-order valence-electron chi connectivity index (χ3n) is 4.46. The SMILES string of the molecule is CCC(N)(CC)c1nc(C2CC2)cc(C2CC2)n1. The summed E-state index contributed by atoms with van der Waals surface area (Å²) in [6, 6.07) is 2.24. The van der Waals surface area contributed by atoms with Gasteiger partial charge >= 0.3 is 0 Å². The fourth-order valence-electron chi connectivity index (χ4n) is 2.45. The minimum atomic E-state index is -0.339. The molecule has 0 aromatic carbocycles. The summed E-state index contributed by atoms with van der Waals surface area (Å²) in [6.45, 7) is 4.26. The van der Waals surface area contributed by atoms with Crippen molar-refractivity contribution in [2.24, 2.45) is 5.73 Å². The number of aromatic nitrogens is 2. The van der Waals surface area contributed by atoms with Crippen molar-refractivity contribution in [1.29, 1.82) is 0 Å². The number of nitrogens with two attached hydrogens (primary N) is 1. The van der Waals surface area contributed by atoms with Crippen molar-refractivity contribution in [3.05, 3.63) is 23.3 Å². The standard InChI is InChI=1S/C15H23N3/c1-3-15(16,4-2)14-17-12(10-5-6-10)9-13(18-14)11-7-8-11/h9-11H,3-8,16H2,1-2H3. The lowest BCUT2D eigenvalue weighted by Crippen LogP contribution is -2.37. The fraction of sp³-hybridized carbons (Fsp3) is 0.733. The van der Waals surface area contributed by atoms with Crippen molar-refractivity contribution in [3.8, 4) is 0 Å². The minimum absolute atomic E-state index is 0.339. The zero-order chi connectivity index (χ0) is 12.8. The summed E-state index contributed by atoms with van der Waals surface area (Å²) in [5.41, 5.74) is 8.63. The lowest BCUT2D eigenvalue weighted by molar-refractivity contribution is 0.384. The third-order valence-corrected chi connectivity index (χ3v) is 4.46. The monoisotopic (exact) mass is 245 g/mol. The number of hydrogen-bond acceptors (Lipinski definition) is 3. The van der Waals surface area contributed by atoms with Gasteiger partial charge in [0.25, 0.3) is 0 Å². The van der Waals surface area contributed by atoms with Gasteiger partial charge in [0.2, 0.25) is 0 Å². The first-order valence-electron chi connectivity index (χ1n) is 7.34. The van der Waals surface area contributed by atoms with Gasteiger partial charge in [-0.05, 0) is 44.6 Å². The highest BCUT2D eigenvalue weighted by Gasteiger charge is 2.34. The summed E-state index contributed by atoms with van der Waals surface area (Å²) in [5, 5.41) is 0. The summed E-state index contributed by atoms with van der Waals surface area (Å²) < 4.78 is 0. The predicted octanol–water partition coefficient (Wildman–Crippen LogP) is 3.21. The van der Waals surface area contributed by atoms with Crippen LogP contribution in [-0.2, 0) is 5.54 Å². The summed E-state index contributed by atoms with van der Waals surface area (Å²) in [6.07, 6.45) is 6.96. The average molecular weight is 245 g/mol. The van der Waals surface area contributed by atoms with Crippen LogP contribution in [0.3, 0.4) is 0 Å². The maximum absolute atomic E-state index is 6.47. The Morgan fingerprint density at radius 1 is 1.06 bits per heavy atom. The highest BCUT2D eigenvalue weighted by Crippen LogP contribution is 2.44. The Morgan fingerprint density at radius 2 is 1.50 bits per heavy atom. The van der Waals surface area contributed by atoms with Crippen LogP contribution in [0.5, 0.6) is 0 Å². The molecule has 2 aliphatic carbocycles. The molecule has 2 aliphatic rings. The van der Waals surface area contributed by atoms with E-state index in [0.29, 0.717) is 11.8 Å². The first-order chi connectivity index (χ1) is 8.66. The predicted molar refractivity (Wildman–Crippen MR) is 72.4 cm³/mol. The van der Waals surface area contributed by atoms with Gasteiger partial charge in [-0.1, -0.05) is 13.8 Å². The van der Waals surface area contributed by atoms with Crippen LogP contribution in [0.25, 0.3) is 0 Å². The van der Waals surface area contributed by atoms with Crippen molar-refractivity contribution in [3.63, 3.8) is 0 Å². The summed E-state index contributed by atoms with van der Waals surface area (Å²) in [4.78, 5) is 9.57. The molecule has 98 valence electrons. The third kappa shape index (κ3) is 2.16. The van der Waals surface area contributed by atoms with Gasteiger partial charge in [0.05, 0.1) is 5.54 Å². The molecule has 2 saturated carbocycles. The van der Waals surface area contributed by atoms with E-state index in [2.05, 4.69) is 19.9 Å². The molecule has 3 heteroatoms. The molecule has 0 bridgehead atoms. The van der Waals surface area contributed by atoms with E-state index in [1.165, 1.54) is 37.1 Å². The van der Waals surface area contributed by atoms with E-state index < -0.39 is 0 Å². The van der Waals surface area contributed by atoms with E-state index in [0.717, 1.165) is 18.7 Å². The van der Waals surface area contributed by atoms with Crippen molar-refractivity contribution in [2.45, 2.75) is 69.7 Å². The molecule has 1 heterocycles. The van der Waals surface area contributed by atoms with Gasteiger partial charge in [0.1, 0.15) is 5.82 Å². The molecule has 0 unspecified atom stereocenters. The molecule has 0 radical (unpaired) electrons. The van der Waals surface area contributed by atoms with Crippen LogP contribution in [0.1, 0.15) is 81.4 Å². The Morgan fingerprint density at radius 3 is 1.83 bits per heavy atom. The molecule has 18 heavy (non-hydrogen) atoms. The van der Waals surface area contributed by atoms with Gasteiger partial charge in [0, 0.05) is 23.2 Å². The van der Waals surface area contributed by atoms with Crippen molar-refractivity contribution in [1.82, 2.24) is 9.97 Å². The van der Waals surface area contributed by atoms with Gasteiger partial charge in [-0.2, -0.15) is 0 Å². The first kappa shape index (κ1) is 12.1. The zero-order valence-corrected chi connectivity index (χ0v) is 11.4. The van der Waals surface area contributed by atoms with E-state index in [4.69, 9.17) is 15.7 Å². The molecule has 2 fully saturated rings. The maximum atomic E-state index is 6.47. The Hall–Kier alpha value is -0.960. The second kappa shape index (κ2) is 4.30. The summed E-state index contributed by atoms with van der Waals surface area (Å²) >= 11 is 0. The van der Waals surface area contributed by atoms with Gasteiger partial charge < -0.3 is 5.73 Å². The van der Waals surface area contributed by atoms with E-state index in [1.54, 1.807) is 0 Å². The zero-order valence-electron chi connectivity index (χ0n) is 11.4. The average Bonchev–Trinajstić information content (AvgIpc) is 3.29. The van der Waals surface area contributed by atoms with E-state index in [9.17, 15) is 0 Å². The van der Waals surface area contributed by atoms with Crippen LogP contribution in [0.4, 0.5) is 0 Å². The normalized spacial score (nSPS) is 20.2. The Labute approximate surface area is 109 Å². The minimum Gasteiger partial charge on any atom is -0.319 e. The lowest BCUT2D eigenvalue weighted by atomic mass is 9.93. The highest BCUT2D eigenvalue weighted by molar-refractivity contribution is 5.25. The second-order valence-corrected chi connectivity index (χ2v) is 5.95. The quantitative estimate of drug-likeness (QED) is 0.866. The van der Waals surface area contributed by atoms with Gasteiger partial charge in [-0.3, -0.25) is 0 Å². The summed E-state index contributed by atoms with van der Waals surface area (Å²) in [5.74, 6) is 2.25. The molecule has 3 rings (SSSR count). The first-order valence-corrected chi connectivity index (χ1v) is 7.34. The fourth-order valence-corrected chi connectivity index (χ4v) is 2.45. The van der Waals surface area contributed by atoms with Crippen LogP contribution in [0, 0.1) is 0 Å². The molecule has 0 aliphatic heterocycles. The molecule has 0 atom stereocenters. The molecular weight excluding hydrogens is 222 g/mol. The van der Waals surface area contributed by atoms with Crippen molar-refractivity contribution < 1.29 is 0 Å². The van der Waals surface area contributed by atoms with Crippen molar-refractivity contribution >= 4 is 0 Å². The highest BCUT2D eigenvalue weighted by atomic mass is 15.0. The van der Waals surface area contributed by atoms with E-state index in [1.807, 2.05) is 0 Å². The number of nitrogens with zero attached hydrogens (tertiary/aromatic N) is 2. The Bertz CT molecular complexity index is 413. The topological polar surface area (TPSA) is 51.8 Å². The second-order valence-electron chi connectivity index (χ2n) is 5.95. The number of rotatable bonds is 5. The van der Waals surface area contributed by atoms with Gasteiger partial charge in [0.15, 0.2) is 0 Å². The van der Waals surface area contributed by atoms with Crippen LogP contribution in [0.15, 0.2) is 6.07 Å². The molecule has 1 aromatic heterocycles. The molecule has 1 aromatic rings. The molecule has 0 amide bonds. The molecule has 0 saturated heterocycles. The lowest BCUT2D eigenvalue weighted by Gasteiger charge is -2.25. The van der Waals surface area contributed by atoms with E-state index in [-0.39, 0.29) is 5.54 Å². The van der Waals surface area contributed by atoms with Gasteiger partial charge in [-0.25, -0.2) is 9.97 Å². The van der Waals surface area contributed by atoms with Crippen molar-refractivity contribution in [2.75, 3.05) is 0 Å². The Kier molecular flexibility index (Phi) is 2.89. The van der Waals surface area contributed by atoms with Crippen LogP contribution >= 0.6 is 0 Å². The van der Waals surface area contributed by atoms with Gasteiger partial charge in [-0.15, -0.1) is 0 Å². The molecule has 0 spiro atoms. The van der Waals surface area contributed by atoms with Crippen LogP contribution in [-0.4, -0.2) is 9.97 Å². The molecule has 3 nitrogen and oxygen atoms in total.